The van der Waals surface area contributed by atoms with Crippen LogP contribution in [0.5, 0.6) is 11.5 Å². The minimum Gasteiger partial charge on any atom is -0.496 e. The number of benzene rings is 3. The number of hydrogen-bond donors (Lipinski definition) is 2. The Hall–Kier alpha value is -4.13. The number of nitrogens with one attached hydrogen (secondary N) is 2. The Morgan fingerprint density at radius 2 is 1.30 bits per heavy atom. The largest absolute Gasteiger partial charge is 0.496 e. The number of anilines is 1. The van der Waals surface area contributed by atoms with Crippen molar-refractivity contribution < 1.29 is 14.3 Å². The molecule has 0 aliphatic rings. The third-order valence-electron chi connectivity index (χ3n) is 4.19. The Kier molecular flexibility index (Phi) is 7.16. The minimum atomic E-state index is -0.315. The van der Waals surface area contributed by atoms with E-state index in [1.165, 1.54) is 0 Å². The fraction of sp³-hybridized carbons (Fsp3) is 0.0870. The van der Waals surface area contributed by atoms with E-state index >= 15 is 0 Å². The molecular formula is C23H22N4O3. The summed E-state index contributed by atoms with van der Waals surface area (Å²) in [6, 6.07) is 21.9. The summed E-state index contributed by atoms with van der Waals surface area (Å²) in [6.45, 7) is 0. The molecule has 0 aliphatic heterocycles. The first-order valence-electron chi connectivity index (χ1n) is 9.20. The van der Waals surface area contributed by atoms with Gasteiger partial charge in [-0.3, -0.25) is 10.2 Å². The highest BCUT2D eigenvalue weighted by Gasteiger charge is 2.04. The summed E-state index contributed by atoms with van der Waals surface area (Å²) < 4.78 is 10.5. The molecule has 30 heavy (non-hydrogen) atoms. The van der Waals surface area contributed by atoms with Gasteiger partial charge in [0.25, 0.3) is 5.91 Å². The van der Waals surface area contributed by atoms with Crippen molar-refractivity contribution in [2.45, 2.75) is 0 Å². The van der Waals surface area contributed by atoms with E-state index in [-0.39, 0.29) is 5.91 Å². The van der Waals surface area contributed by atoms with Gasteiger partial charge in [0.1, 0.15) is 11.5 Å². The van der Waals surface area contributed by atoms with E-state index in [0.29, 0.717) is 11.3 Å². The van der Waals surface area contributed by atoms with Crippen LogP contribution < -0.4 is 20.3 Å². The summed E-state index contributed by atoms with van der Waals surface area (Å²) >= 11 is 0. The topological polar surface area (TPSA) is 84.3 Å². The molecule has 2 N–H and O–H groups in total. The summed E-state index contributed by atoms with van der Waals surface area (Å²) in [5.74, 6) is 1.11. The zero-order valence-corrected chi connectivity index (χ0v) is 16.7. The zero-order chi connectivity index (χ0) is 21.2. The number of carbonyl (C=O) groups excluding carboxylic acids is 1. The molecule has 0 saturated carbocycles. The average Bonchev–Trinajstić information content (AvgIpc) is 2.80. The molecule has 0 aliphatic carbocycles. The standard InChI is InChI=1S/C23H22N4O3/c1-29-21-9-5-3-7-18(21)15-24-26-20-13-11-17(12-14-20)23(28)27-25-16-19-8-4-6-10-22(19)30-2/h3-16,26H,1-2H3,(H,27,28)/b24-15+,25-16+. The van der Waals surface area contributed by atoms with Crippen LogP contribution in [0.2, 0.25) is 0 Å². The van der Waals surface area contributed by atoms with E-state index < -0.39 is 0 Å². The van der Waals surface area contributed by atoms with Gasteiger partial charge in [0.05, 0.1) is 32.3 Å². The van der Waals surface area contributed by atoms with Crippen molar-refractivity contribution in [3.05, 3.63) is 89.5 Å². The first-order valence-corrected chi connectivity index (χ1v) is 9.20. The first kappa shape index (κ1) is 20.6. The van der Waals surface area contributed by atoms with Gasteiger partial charge >= 0.3 is 0 Å². The van der Waals surface area contributed by atoms with E-state index in [4.69, 9.17) is 9.47 Å². The summed E-state index contributed by atoms with van der Waals surface area (Å²) in [4.78, 5) is 12.3. The summed E-state index contributed by atoms with van der Waals surface area (Å²) in [7, 11) is 3.20. The van der Waals surface area contributed by atoms with Crippen molar-refractivity contribution in [2.75, 3.05) is 19.6 Å². The van der Waals surface area contributed by atoms with Gasteiger partial charge < -0.3 is 9.47 Å². The molecule has 3 rings (SSSR count). The first-order chi connectivity index (χ1) is 14.7. The monoisotopic (exact) mass is 402 g/mol. The normalized spacial score (nSPS) is 10.9. The molecule has 3 aromatic carbocycles. The van der Waals surface area contributed by atoms with Gasteiger partial charge in [-0.25, -0.2) is 5.43 Å². The number of carbonyl (C=O) groups is 1. The second-order valence-corrected chi connectivity index (χ2v) is 6.13. The Morgan fingerprint density at radius 3 is 1.87 bits per heavy atom. The Labute approximate surface area is 175 Å². The van der Waals surface area contributed by atoms with Gasteiger partial charge in [-0.05, 0) is 48.5 Å². The molecule has 0 aromatic heterocycles. The molecule has 0 bridgehead atoms. The van der Waals surface area contributed by atoms with Crippen LogP contribution >= 0.6 is 0 Å². The maximum absolute atomic E-state index is 12.3. The second-order valence-electron chi connectivity index (χ2n) is 6.13. The van der Waals surface area contributed by atoms with Crippen molar-refractivity contribution in [3.8, 4) is 11.5 Å². The fourth-order valence-electron chi connectivity index (χ4n) is 2.64. The molecule has 0 spiro atoms. The van der Waals surface area contributed by atoms with Gasteiger partial charge in [-0.1, -0.05) is 24.3 Å². The molecular weight excluding hydrogens is 380 g/mol. The smallest absolute Gasteiger partial charge is 0.271 e. The van der Waals surface area contributed by atoms with Gasteiger partial charge in [0.15, 0.2) is 0 Å². The maximum Gasteiger partial charge on any atom is 0.271 e. The van der Waals surface area contributed by atoms with Crippen LogP contribution in [0.3, 0.4) is 0 Å². The predicted molar refractivity (Wildman–Crippen MR) is 119 cm³/mol. The van der Waals surface area contributed by atoms with E-state index in [1.807, 2.05) is 48.5 Å². The number of rotatable bonds is 8. The predicted octanol–water partition coefficient (Wildman–Crippen LogP) is 3.91. The number of hydrogen-bond acceptors (Lipinski definition) is 6. The van der Waals surface area contributed by atoms with Crippen LogP contribution in [0.25, 0.3) is 0 Å². The number of amides is 1. The SMILES string of the molecule is COc1ccccc1/C=N/NC(=O)c1ccc(N/N=C/c2ccccc2OC)cc1. The second kappa shape index (κ2) is 10.4. The molecule has 0 unspecified atom stereocenters. The zero-order valence-electron chi connectivity index (χ0n) is 16.7. The molecule has 7 nitrogen and oxygen atoms in total. The van der Waals surface area contributed by atoms with Crippen LogP contribution in [-0.2, 0) is 0 Å². The lowest BCUT2D eigenvalue weighted by molar-refractivity contribution is 0.0955. The lowest BCUT2D eigenvalue weighted by Gasteiger charge is -2.05. The van der Waals surface area contributed by atoms with Gasteiger partial charge in [-0.2, -0.15) is 10.2 Å². The van der Waals surface area contributed by atoms with Crippen LogP contribution in [0.15, 0.2) is 83.0 Å². The average molecular weight is 402 g/mol. The van der Waals surface area contributed by atoms with E-state index in [0.717, 1.165) is 22.6 Å². The highest BCUT2D eigenvalue weighted by atomic mass is 16.5. The number of hydrazone groups is 2. The molecule has 0 fully saturated rings. The van der Waals surface area contributed by atoms with Crippen LogP contribution in [-0.4, -0.2) is 32.6 Å². The summed E-state index contributed by atoms with van der Waals surface area (Å²) in [5, 5.41) is 8.20. The lowest BCUT2D eigenvalue weighted by Crippen LogP contribution is -2.17. The Morgan fingerprint density at radius 1 is 0.767 bits per heavy atom. The quantitative estimate of drug-likeness (QED) is 0.442. The van der Waals surface area contributed by atoms with Crippen LogP contribution in [0.1, 0.15) is 21.5 Å². The molecule has 0 saturated heterocycles. The fourth-order valence-corrected chi connectivity index (χ4v) is 2.64. The highest BCUT2D eigenvalue weighted by molar-refractivity contribution is 5.95. The summed E-state index contributed by atoms with van der Waals surface area (Å²) in [6.07, 6.45) is 3.21. The molecule has 152 valence electrons. The molecule has 0 radical (unpaired) electrons. The number of ether oxygens (including phenoxy) is 2. The molecule has 0 heterocycles. The maximum atomic E-state index is 12.3. The number of para-hydroxylation sites is 2. The van der Waals surface area contributed by atoms with Gasteiger partial charge in [0.2, 0.25) is 0 Å². The van der Waals surface area contributed by atoms with E-state index in [2.05, 4.69) is 21.1 Å². The minimum absolute atomic E-state index is 0.315. The van der Waals surface area contributed by atoms with Crippen molar-refractivity contribution in [3.63, 3.8) is 0 Å². The molecule has 1 amide bonds. The highest BCUT2D eigenvalue weighted by Crippen LogP contribution is 2.16. The number of nitrogens with zero attached hydrogens (tertiary/aromatic N) is 2. The van der Waals surface area contributed by atoms with Gasteiger partial charge in [0, 0.05) is 16.7 Å². The lowest BCUT2D eigenvalue weighted by atomic mass is 10.2. The van der Waals surface area contributed by atoms with E-state index in [1.54, 1.807) is 50.9 Å². The molecule has 3 aromatic rings. The third-order valence-corrected chi connectivity index (χ3v) is 4.19. The van der Waals surface area contributed by atoms with Crippen molar-refractivity contribution in [2.24, 2.45) is 10.2 Å². The van der Waals surface area contributed by atoms with Crippen LogP contribution in [0, 0.1) is 0 Å². The van der Waals surface area contributed by atoms with Crippen molar-refractivity contribution in [1.82, 2.24) is 5.43 Å². The Balaban J connectivity index is 1.56. The Bertz CT molecular complexity index is 1050. The number of methoxy groups -OCH3 is 2. The molecule has 0 atom stereocenters. The van der Waals surface area contributed by atoms with Crippen molar-refractivity contribution >= 4 is 24.0 Å². The van der Waals surface area contributed by atoms with E-state index in [9.17, 15) is 4.79 Å². The van der Waals surface area contributed by atoms with Crippen molar-refractivity contribution in [1.29, 1.82) is 0 Å². The van der Waals surface area contributed by atoms with Crippen LogP contribution in [0.4, 0.5) is 5.69 Å². The molecule has 7 heteroatoms. The summed E-state index contributed by atoms with van der Waals surface area (Å²) in [5.41, 5.74) is 8.29. The third kappa shape index (κ3) is 5.45. The van der Waals surface area contributed by atoms with Gasteiger partial charge in [-0.15, -0.1) is 0 Å².